The van der Waals surface area contributed by atoms with Crippen LogP contribution in [0.15, 0.2) is 18.2 Å². The molecule has 0 radical (unpaired) electrons. The predicted octanol–water partition coefficient (Wildman–Crippen LogP) is 4.45. The smallest absolute Gasteiger partial charge is 0.253 e. The summed E-state index contributed by atoms with van der Waals surface area (Å²) in [7, 11) is 0. The summed E-state index contributed by atoms with van der Waals surface area (Å²) in [5.74, 6) is 0.574. The Bertz CT molecular complexity index is 704. The molecule has 1 saturated heterocycles. The molecule has 1 aromatic rings. The van der Waals surface area contributed by atoms with Gasteiger partial charge in [-0.05, 0) is 55.7 Å². The largest absolute Gasteiger partial charge is 0.382 e. The van der Waals surface area contributed by atoms with Crippen molar-refractivity contribution >= 4 is 23.2 Å². The van der Waals surface area contributed by atoms with Crippen molar-refractivity contribution in [3.05, 3.63) is 23.8 Å². The number of benzene rings is 1. The minimum atomic E-state index is -0.105. The van der Waals surface area contributed by atoms with Gasteiger partial charge in [-0.3, -0.25) is 9.59 Å². The van der Waals surface area contributed by atoms with Gasteiger partial charge in [-0.2, -0.15) is 0 Å². The summed E-state index contributed by atoms with van der Waals surface area (Å²) in [5.41, 5.74) is 2.14. The molecule has 30 heavy (non-hydrogen) atoms. The van der Waals surface area contributed by atoms with Crippen molar-refractivity contribution in [1.29, 1.82) is 0 Å². The van der Waals surface area contributed by atoms with E-state index in [2.05, 4.69) is 22.5 Å². The highest BCUT2D eigenvalue weighted by Gasteiger charge is 2.22. The maximum atomic E-state index is 13.0. The molecule has 0 bridgehead atoms. The standard InChI is InChI=1S/C24H39N3O3/c1-6-30-15-7-12-25-23(29)20-16-19(26-22(28)17-24(3,4)5)8-9-21(20)27-13-10-18(2)11-14-27/h8-9,16,18H,6-7,10-15,17H2,1-5H3,(H,25,29)(H,26,28). The number of carbonyl (C=O) groups excluding carboxylic acids is 2. The lowest BCUT2D eigenvalue weighted by atomic mass is 9.92. The molecule has 0 saturated carbocycles. The first-order valence-corrected chi connectivity index (χ1v) is 11.2. The van der Waals surface area contributed by atoms with Gasteiger partial charge in [-0.1, -0.05) is 27.7 Å². The van der Waals surface area contributed by atoms with Crippen LogP contribution in [-0.2, 0) is 9.53 Å². The Morgan fingerprint density at radius 1 is 1.20 bits per heavy atom. The summed E-state index contributed by atoms with van der Waals surface area (Å²) < 4.78 is 5.35. The first-order valence-electron chi connectivity index (χ1n) is 11.2. The molecule has 1 aromatic carbocycles. The molecule has 1 heterocycles. The number of nitrogens with one attached hydrogen (secondary N) is 2. The van der Waals surface area contributed by atoms with Crippen LogP contribution in [0.3, 0.4) is 0 Å². The number of hydrogen-bond donors (Lipinski definition) is 2. The van der Waals surface area contributed by atoms with E-state index >= 15 is 0 Å². The second kappa shape index (κ2) is 11.3. The summed E-state index contributed by atoms with van der Waals surface area (Å²) in [6.45, 7) is 14.1. The molecule has 6 heteroatoms. The highest BCUT2D eigenvalue weighted by atomic mass is 16.5. The van der Waals surface area contributed by atoms with Gasteiger partial charge in [0.1, 0.15) is 0 Å². The average molecular weight is 418 g/mol. The van der Waals surface area contributed by atoms with Crippen LogP contribution in [0.25, 0.3) is 0 Å². The van der Waals surface area contributed by atoms with Gasteiger partial charge in [-0.15, -0.1) is 0 Å². The number of amides is 2. The Labute approximate surface area is 181 Å². The number of carbonyl (C=O) groups is 2. The van der Waals surface area contributed by atoms with Crippen LogP contribution in [0.2, 0.25) is 0 Å². The Hall–Kier alpha value is -2.08. The minimum absolute atomic E-state index is 0.0369. The molecule has 2 amide bonds. The Morgan fingerprint density at radius 3 is 2.53 bits per heavy atom. The molecular formula is C24H39N3O3. The first kappa shape index (κ1) is 24.2. The van der Waals surface area contributed by atoms with Gasteiger partial charge in [0, 0.05) is 50.6 Å². The quantitative estimate of drug-likeness (QED) is 0.582. The number of rotatable bonds is 9. The Morgan fingerprint density at radius 2 is 1.90 bits per heavy atom. The molecular weight excluding hydrogens is 378 g/mol. The van der Waals surface area contributed by atoms with Gasteiger partial charge in [0.2, 0.25) is 5.91 Å². The Kier molecular flexibility index (Phi) is 9.15. The molecule has 0 spiro atoms. The van der Waals surface area contributed by atoms with E-state index in [0.29, 0.717) is 43.3 Å². The molecule has 6 nitrogen and oxygen atoms in total. The molecule has 2 rings (SSSR count). The molecule has 0 aromatic heterocycles. The maximum Gasteiger partial charge on any atom is 0.253 e. The highest BCUT2D eigenvalue weighted by molar-refractivity contribution is 6.02. The van der Waals surface area contributed by atoms with Crippen molar-refractivity contribution in [2.45, 2.75) is 60.3 Å². The normalized spacial score (nSPS) is 15.2. The molecule has 0 aliphatic carbocycles. The second-order valence-electron chi connectivity index (χ2n) is 9.49. The third-order valence-corrected chi connectivity index (χ3v) is 5.30. The molecule has 2 N–H and O–H groups in total. The number of piperidine rings is 1. The van der Waals surface area contributed by atoms with E-state index in [1.807, 2.05) is 45.9 Å². The van der Waals surface area contributed by atoms with Crippen molar-refractivity contribution < 1.29 is 14.3 Å². The fourth-order valence-corrected chi connectivity index (χ4v) is 3.62. The van der Waals surface area contributed by atoms with Gasteiger partial charge in [-0.25, -0.2) is 0 Å². The van der Waals surface area contributed by atoms with E-state index in [-0.39, 0.29) is 17.2 Å². The average Bonchev–Trinajstić information content (AvgIpc) is 2.67. The van der Waals surface area contributed by atoms with Crippen molar-refractivity contribution in [1.82, 2.24) is 5.32 Å². The monoisotopic (exact) mass is 417 g/mol. The molecule has 1 aliphatic rings. The van der Waals surface area contributed by atoms with Gasteiger partial charge in [0.25, 0.3) is 5.91 Å². The van der Waals surface area contributed by atoms with Crippen LogP contribution in [0.4, 0.5) is 11.4 Å². The van der Waals surface area contributed by atoms with Crippen LogP contribution < -0.4 is 15.5 Å². The third kappa shape index (κ3) is 7.98. The summed E-state index contributed by atoms with van der Waals surface area (Å²) in [6.07, 6.45) is 3.45. The van der Waals surface area contributed by atoms with Crippen molar-refractivity contribution in [3.63, 3.8) is 0 Å². The van der Waals surface area contributed by atoms with Crippen LogP contribution in [0.5, 0.6) is 0 Å². The highest BCUT2D eigenvalue weighted by Crippen LogP contribution is 2.29. The summed E-state index contributed by atoms with van der Waals surface area (Å²) >= 11 is 0. The summed E-state index contributed by atoms with van der Waals surface area (Å²) in [4.78, 5) is 27.6. The predicted molar refractivity (Wildman–Crippen MR) is 123 cm³/mol. The minimum Gasteiger partial charge on any atom is -0.382 e. The second-order valence-corrected chi connectivity index (χ2v) is 9.49. The van der Waals surface area contributed by atoms with Crippen LogP contribution in [0, 0.1) is 11.3 Å². The van der Waals surface area contributed by atoms with E-state index < -0.39 is 0 Å². The zero-order valence-corrected chi connectivity index (χ0v) is 19.3. The molecule has 0 unspecified atom stereocenters. The lowest BCUT2D eigenvalue weighted by molar-refractivity contribution is -0.117. The van der Waals surface area contributed by atoms with E-state index in [1.165, 1.54) is 0 Å². The maximum absolute atomic E-state index is 13.0. The number of nitrogens with zero attached hydrogens (tertiary/aromatic N) is 1. The fraction of sp³-hybridized carbons (Fsp3) is 0.667. The fourth-order valence-electron chi connectivity index (χ4n) is 3.62. The van der Waals surface area contributed by atoms with Crippen LogP contribution >= 0.6 is 0 Å². The number of anilines is 2. The van der Waals surface area contributed by atoms with E-state index in [0.717, 1.165) is 38.0 Å². The van der Waals surface area contributed by atoms with E-state index in [4.69, 9.17) is 4.74 Å². The molecule has 168 valence electrons. The zero-order chi connectivity index (χ0) is 22.1. The van der Waals surface area contributed by atoms with Crippen LogP contribution in [0.1, 0.15) is 70.7 Å². The number of ether oxygens (including phenoxy) is 1. The lowest BCUT2D eigenvalue weighted by Crippen LogP contribution is -2.35. The topological polar surface area (TPSA) is 70.7 Å². The van der Waals surface area contributed by atoms with Gasteiger partial charge in [0.15, 0.2) is 0 Å². The first-order chi connectivity index (χ1) is 14.2. The number of hydrogen-bond acceptors (Lipinski definition) is 4. The van der Waals surface area contributed by atoms with Crippen molar-refractivity contribution in [2.24, 2.45) is 11.3 Å². The van der Waals surface area contributed by atoms with Gasteiger partial charge in [0.05, 0.1) is 5.56 Å². The van der Waals surface area contributed by atoms with Crippen molar-refractivity contribution in [3.8, 4) is 0 Å². The van der Waals surface area contributed by atoms with E-state index in [9.17, 15) is 9.59 Å². The zero-order valence-electron chi connectivity index (χ0n) is 19.3. The SMILES string of the molecule is CCOCCCNC(=O)c1cc(NC(=O)CC(C)(C)C)ccc1N1CCC(C)CC1. The molecule has 1 aliphatic heterocycles. The Balaban J connectivity index is 2.15. The third-order valence-electron chi connectivity index (χ3n) is 5.30. The lowest BCUT2D eigenvalue weighted by Gasteiger charge is -2.33. The summed E-state index contributed by atoms with van der Waals surface area (Å²) in [5, 5.41) is 5.96. The van der Waals surface area contributed by atoms with E-state index in [1.54, 1.807) is 0 Å². The van der Waals surface area contributed by atoms with Gasteiger partial charge >= 0.3 is 0 Å². The molecule has 0 atom stereocenters. The summed E-state index contributed by atoms with van der Waals surface area (Å²) in [6, 6.07) is 5.68. The van der Waals surface area contributed by atoms with Gasteiger partial charge < -0.3 is 20.3 Å². The van der Waals surface area contributed by atoms with Crippen molar-refractivity contribution in [2.75, 3.05) is 43.1 Å². The van der Waals surface area contributed by atoms with Crippen LogP contribution in [-0.4, -0.2) is 44.7 Å². The molecule has 1 fully saturated rings.